The minimum absolute atomic E-state index is 0.0520. The maximum atomic E-state index is 5.83. The first-order valence-corrected chi connectivity index (χ1v) is 6.90. The van der Waals surface area contributed by atoms with Crippen molar-refractivity contribution in [1.82, 2.24) is 0 Å². The summed E-state index contributed by atoms with van der Waals surface area (Å²) in [6, 6.07) is 5.89. The summed E-state index contributed by atoms with van der Waals surface area (Å²) in [6.45, 7) is 6.37. The van der Waals surface area contributed by atoms with Gasteiger partial charge in [-0.2, -0.15) is 0 Å². The van der Waals surface area contributed by atoms with E-state index in [0.29, 0.717) is 6.42 Å². The van der Waals surface area contributed by atoms with Gasteiger partial charge in [0.1, 0.15) is 0 Å². The van der Waals surface area contributed by atoms with Crippen molar-refractivity contribution >= 4 is 5.90 Å². The topological polar surface area (TPSA) is 40.0 Å². The Hall–Kier alpha value is -1.71. The van der Waals surface area contributed by atoms with E-state index in [1.165, 1.54) is 0 Å². The summed E-state index contributed by atoms with van der Waals surface area (Å²) >= 11 is 0. The van der Waals surface area contributed by atoms with Gasteiger partial charge in [-0.1, -0.05) is 6.07 Å². The molecule has 4 nitrogen and oxygen atoms in total. The summed E-state index contributed by atoms with van der Waals surface area (Å²) in [5.41, 5.74) is 1.05. The van der Waals surface area contributed by atoms with Crippen LogP contribution in [0.2, 0.25) is 0 Å². The molecular weight excluding hydrogens is 254 g/mol. The van der Waals surface area contributed by atoms with Gasteiger partial charge in [-0.3, -0.25) is 0 Å². The minimum atomic E-state index is -0.0520. The highest BCUT2D eigenvalue weighted by Crippen LogP contribution is 2.29. The first kappa shape index (κ1) is 14.7. The molecule has 1 aromatic rings. The quantitative estimate of drug-likeness (QED) is 0.848. The molecule has 2 rings (SSSR count). The minimum Gasteiger partial charge on any atom is -0.493 e. The van der Waals surface area contributed by atoms with Crippen molar-refractivity contribution in [2.24, 2.45) is 4.99 Å². The van der Waals surface area contributed by atoms with Crippen molar-refractivity contribution in [2.75, 3.05) is 14.2 Å². The first-order chi connectivity index (χ1) is 9.43. The highest BCUT2D eigenvalue weighted by molar-refractivity contribution is 5.80. The zero-order valence-electron chi connectivity index (χ0n) is 12.9. The third kappa shape index (κ3) is 3.44. The maximum Gasteiger partial charge on any atom is 0.188 e. The van der Waals surface area contributed by atoms with Gasteiger partial charge >= 0.3 is 0 Å². The number of benzene rings is 1. The molecule has 0 spiro atoms. The molecule has 0 amide bonds. The molecule has 0 aromatic heterocycles. The third-order valence-corrected chi connectivity index (χ3v) is 3.35. The molecule has 0 radical (unpaired) electrons. The lowest BCUT2D eigenvalue weighted by Crippen LogP contribution is -2.34. The van der Waals surface area contributed by atoms with Crippen molar-refractivity contribution in [3.63, 3.8) is 0 Å². The second-order valence-corrected chi connectivity index (χ2v) is 5.82. The molecule has 4 heteroatoms. The van der Waals surface area contributed by atoms with Crippen molar-refractivity contribution in [3.8, 4) is 11.5 Å². The number of methoxy groups -OCH3 is 2. The van der Waals surface area contributed by atoms with Gasteiger partial charge in [-0.15, -0.1) is 0 Å². The molecule has 0 bridgehead atoms. The highest BCUT2D eigenvalue weighted by Gasteiger charge is 2.28. The molecule has 1 aliphatic rings. The van der Waals surface area contributed by atoms with Gasteiger partial charge in [0.25, 0.3) is 0 Å². The molecule has 0 saturated carbocycles. The van der Waals surface area contributed by atoms with E-state index in [9.17, 15) is 0 Å². The van der Waals surface area contributed by atoms with Crippen molar-refractivity contribution in [2.45, 2.75) is 45.3 Å². The Morgan fingerprint density at radius 2 is 1.95 bits per heavy atom. The predicted molar refractivity (Wildman–Crippen MR) is 79.9 cm³/mol. The molecule has 0 saturated heterocycles. The normalized spacial score (nSPS) is 20.9. The van der Waals surface area contributed by atoms with Gasteiger partial charge in [-0.25, -0.2) is 4.99 Å². The number of nitrogens with zero attached hydrogens (tertiary/aromatic N) is 1. The fourth-order valence-corrected chi connectivity index (χ4v) is 2.63. The molecular formula is C16H23NO3. The van der Waals surface area contributed by atoms with Crippen molar-refractivity contribution in [1.29, 1.82) is 0 Å². The van der Waals surface area contributed by atoms with Crippen molar-refractivity contribution in [3.05, 3.63) is 23.8 Å². The SMILES string of the molecule is COc1ccc(CC2=NC(C)(C)CC(C)O2)cc1OC. The van der Waals surface area contributed by atoms with E-state index in [1.54, 1.807) is 14.2 Å². The lowest BCUT2D eigenvalue weighted by atomic mass is 9.96. The number of rotatable bonds is 4. The van der Waals surface area contributed by atoms with Gasteiger partial charge in [0, 0.05) is 12.8 Å². The Morgan fingerprint density at radius 1 is 1.25 bits per heavy atom. The molecule has 1 aromatic carbocycles. The largest absolute Gasteiger partial charge is 0.493 e. The Kier molecular flexibility index (Phi) is 4.21. The van der Waals surface area contributed by atoms with Crippen molar-refractivity contribution < 1.29 is 14.2 Å². The lowest BCUT2D eigenvalue weighted by Gasteiger charge is -2.31. The van der Waals surface area contributed by atoms with Crippen LogP contribution in [0.1, 0.15) is 32.8 Å². The van der Waals surface area contributed by atoms with Crippen LogP contribution in [0.15, 0.2) is 23.2 Å². The molecule has 0 N–H and O–H groups in total. The monoisotopic (exact) mass is 277 g/mol. The first-order valence-electron chi connectivity index (χ1n) is 6.90. The van der Waals surface area contributed by atoms with E-state index in [0.717, 1.165) is 29.4 Å². The molecule has 0 fully saturated rings. The van der Waals surface area contributed by atoms with E-state index in [2.05, 4.69) is 25.8 Å². The summed E-state index contributed by atoms with van der Waals surface area (Å²) in [5, 5.41) is 0. The van der Waals surface area contributed by atoms with E-state index < -0.39 is 0 Å². The van der Waals surface area contributed by atoms with E-state index in [1.807, 2.05) is 18.2 Å². The van der Waals surface area contributed by atoms with E-state index in [-0.39, 0.29) is 11.6 Å². The van der Waals surface area contributed by atoms with Gasteiger partial charge in [0.2, 0.25) is 0 Å². The smallest absolute Gasteiger partial charge is 0.188 e. The Balaban J connectivity index is 2.20. The van der Waals surface area contributed by atoms with E-state index in [4.69, 9.17) is 14.2 Å². The molecule has 1 aliphatic heterocycles. The van der Waals surface area contributed by atoms with Gasteiger partial charge in [-0.05, 0) is 38.5 Å². The summed E-state index contributed by atoms with van der Waals surface area (Å²) in [5.74, 6) is 2.26. The van der Waals surface area contributed by atoms with Crippen LogP contribution in [-0.4, -0.2) is 31.8 Å². The van der Waals surface area contributed by atoms with Crippen LogP contribution < -0.4 is 9.47 Å². The summed E-state index contributed by atoms with van der Waals surface area (Å²) in [6.07, 6.45) is 1.83. The summed E-state index contributed by atoms with van der Waals surface area (Å²) in [7, 11) is 3.28. The highest BCUT2D eigenvalue weighted by atomic mass is 16.5. The van der Waals surface area contributed by atoms with E-state index >= 15 is 0 Å². The second-order valence-electron chi connectivity index (χ2n) is 5.82. The number of hydrogen-bond acceptors (Lipinski definition) is 4. The fraction of sp³-hybridized carbons (Fsp3) is 0.562. The van der Waals surface area contributed by atoms with Gasteiger partial charge < -0.3 is 14.2 Å². The maximum absolute atomic E-state index is 5.83. The molecule has 20 heavy (non-hydrogen) atoms. The molecule has 1 atom stereocenters. The second kappa shape index (κ2) is 5.73. The average Bonchev–Trinajstić information content (AvgIpc) is 2.36. The standard InChI is InChI=1S/C16H23NO3/c1-11-10-16(2,3)17-15(20-11)9-12-6-7-13(18-4)14(8-12)19-5/h6-8,11H,9-10H2,1-5H3. The molecule has 110 valence electrons. The van der Waals surface area contributed by atoms with Gasteiger partial charge in [0.05, 0.1) is 25.9 Å². The number of ether oxygens (including phenoxy) is 3. The van der Waals surface area contributed by atoms with Crippen LogP contribution in [0.3, 0.4) is 0 Å². The fourth-order valence-electron chi connectivity index (χ4n) is 2.63. The van der Waals surface area contributed by atoms with Crippen LogP contribution in [0.4, 0.5) is 0 Å². The molecule has 1 unspecified atom stereocenters. The zero-order chi connectivity index (χ0) is 14.8. The van der Waals surface area contributed by atoms with Crippen LogP contribution in [0.25, 0.3) is 0 Å². The molecule has 0 aliphatic carbocycles. The van der Waals surface area contributed by atoms with Crippen LogP contribution >= 0.6 is 0 Å². The zero-order valence-corrected chi connectivity index (χ0v) is 12.9. The predicted octanol–water partition coefficient (Wildman–Crippen LogP) is 3.23. The van der Waals surface area contributed by atoms with Crippen LogP contribution in [0.5, 0.6) is 11.5 Å². The lowest BCUT2D eigenvalue weighted by molar-refractivity contribution is 0.141. The Morgan fingerprint density at radius 3 is 2.55 bits per heavy atom. The summed E-state index contributed by atoms with van der Waals surface area (Å²) in [4.78, 5) is 4.68. The van der Waals surface area contributed by atoms with Crippen LogP contribution in [-0.2, 0) is 11.2 Å². The Labute approximate surface area is 120 Å². The number of hydrogen-bond donors (Lipinski definition) is 0. The Bertz CT molecular complexity index is 508. The van der Waals surface area contributed by atoms with Crippen LogP contribution in [0, 0.1) is 0 Å². The molecule has 1 heterocycles. The average molecular weight is 277 g/mol. The number of aliphatic imine (C=N–C) groups is 1. The third-order valence-electron chi connectivity index (χ3n) is 3.35. The van der Waals surface area contributed by atoms with Gasteiger partial charge in [0.15, 0.2) is 17.4 Å². The summed E-state index contributed by atoms with van der Waals surface area (Å²) < 4.78 is 16.4.